The summed E-state index contributed by atoms with van der Waals surface area (Å²) in [6.45, 7) is 0. The highest BCUT2D eigenvalue weighted by Crippen LogP contribution is 2.11. The van der Waals surface area contributed by atoms with Gasteiger partial charge in [0, 0.05) is 5.69 Å². The molecule has 0 aliphatic rings. The minimum atomic E-state index is 0. The topological polar surface area (TPSA) is 58.3 Å². The summed E-state index contributed by atoms with van der Waals surface area (Å²) in [6.07, 6.45) is 0. The van der Waals surface area contributed by atoms with Gasteiger partial charge in [-0.05, 0) is 24.3 Å². The molecule has 0 unspecified atom stereocenters. The van der Waals surface area contributed by atoms with Crippen LogP contribution in [0.4, 0.5) is 5.69 Å². The van der Waals surface area contributed by atoms with Crippen molar-refractivity contribution in [1.29, 1.82) is 0 Å². The van der Waals surface area contributed by atoms with Crippen LogP contribution in [0.2, 0.25) is 0 Å². The van der Waals surface area contributed by atoms with Crippen molar-refractivity contribution in [1.82, 2.24) is 0 Å². The third-order valence-electron chi connectivity index (χ3n) is 1.03. The Morgan fingerprint density at radius 3 is 2.10 bits per heavy atom. The number of hydrogen-bond donors (Lipinski definition) is 3. The van der Waals surface area contributed by atoms with E-state index in [0.717, 1.165) is 5.69 Å². The molecule has 0 fully saturated rings. The summed E-state index contributed by atoms with van der Waals surface area (Å²) in [4.78, 5) is 0. The maximum atomic E-state index is 8.78. The second-order valence-corrected chi connectivity index (χ2v) is 1.69. The molecule has 0 saturated carbocycles. The Bertz CT molecular complexity index is 187. The molecule has 0 aromatic heterocycles. The van der Waals surface area contributed by atoms with Gasteiger partial charge in [0.1, 0.15) is 5.75 Å². The van der Waals surface area contributed by atoms with Gasteiger partial charge >= 0.3 is 0 Å². The van der Waals surface area contributed by atoms with E-state index in [1.165, 1.54) is 0 Å². The molecule has 0 spiro atoms. The number of nitrogen functional groups attached to an aromatic ring is 1. The van der Waals surface area contributed by atoms with E-state index < -0.39 is 0 Å². The molecular formula is C6H9ClN2O. The van der Waals surface area contributed by atoms with Crippen LogP contribution >= 0.6 is 12.4 Å². The van der Waals surface area contributed by atoms with Crippen LogP contribution in [-0.2, 0) is 0 Å². The lowest BCUT2D eigenvalue weighted by Crippen LogP contribution is -2.05. The molecule has 1 aromatic rings. The molecule has 0 aliphatic carbocycles. The Morgan fingerprint density at radius 1 is 1.20 bits per heavy atom. The van der Waals surface area contributed by atoms with Gasteiger partial charge in [-0.25, -0.2) is 0 Å². The molecular weight excluding hydrogens is 152 g/mol. The smallest absolute Gasteiger partial charge is 0.115 e. The van der Waals surface area contributed by atoms with Crippen LogP contribution in [0.1, 0.15) is 0 Å². The van der Waals surface area contributed by atoms with Gasteiger partial charge in [0.2, 0.25) is 0 Å². The molecule has 0 bridgehead atoms. The van der Waals surface area contributed by atoms with Crippen molar-refractivity contribution < 1.29 is 5.11 Å². The standard InChI is InChI=1S/C6H8N2O.ClH/c7-8-5-1-3-6(9)4-2-5;/h1-4,8-9H,7H2;1H. The third kappa shape index (κ3) is 2.13. The van der Waals surface area contributed by atoms with Gasteiger partial charge in [-0.3, -0.25) is 5.84 Å². The highest BCUT2D eigenvalue weighted by molar-refractivity contribution is 5.85. The first-order valence-corrected chi connectivity index (χ1v) is 2.58. The number of halogens is 1. The summed E-state index contributed by atoms with van der Waals surface area (Å²) in [7, 11) is 0. The number of hydrogen-bond acceptors (Lipinski definition) is 3. The number of hydrazine groups is 1. The summed E-state index contributed by atoms with van der Waals surface area (Å²) in [5.41, 5.74) is 3.23. The molecule has 0 heterocycles. The van der Waals surface area contributed by atoms with Crippen molar-refractivity contribution in [3.8, 4) is 5.75 Å². The minimum absolute atomic E-state index is 0. The van der Waals surface area contributed by atoms with Crippen molar-refractivity contribution in [2.75, 3.05) is 5.43 Å². The zero-order chi connectivity index (χ0) is 6.69. The van der Waals surface area contributed by atoms with E-state index in [1.807, 2.05) is 0 Å². The zero-order valence-electron chi connectivity index (χ0n) is 5.24. The Hall–Kier alpha value is -0.930. The van der Waals surface area contributed by atoms with Crippen LogP contribution in [0.15, 0.2) is 24.3 Å². The van der Waals surface area contributed by atoms with Crippen LogP contribution in [0.25, 0.3) is 0 Å². The number of phenolic OH excluding ortho intramolecular Hbond substituents is 1. The largest absolute Gasteiger partial charge is 0.508 e. The minimum Gasteiger partial charge on any atom is -0.508 e. The number of anilines is 1. The zero-order valence-corrected chi connectivity index (χ0v) is 6.06. The fourth-order valence-corrected chi connectivity index (χ4v) is 0.558. The lowest BCUT2D eigenvalue weighted by molar-refractivity contribution is 0.475. The molecule has 10 heavy (non-hydrogen) atoms. The Labute approximate surface area is 65.2 Å². The maximum absolute atomic E-state index is 8.78. The van der Waals surface area contributed by atoms with Crippen molar-refractivity contribution in [2.45, 2.75) is 0 Å². The normalized spacial score (nSPS) is 8.10. The summed E-state index contributed by atoms with van der Waals surface area (Å²) < 4.78 is 0. The number of rotatable bonds is 1. The van der Waals surface area contributed by atoms with Crippen LogP contribution < -0.4 is 11.3 Å². The average Bonchev–Trinajstić information content (AvgIpc) is 1.90. The van der Waals surface area contributed by atoms with Gasteiger partial charge in [-0.1, -0.05) is 0 Å². The van der Waals surface area contributed by atoms with Gasteiger partial charge in [-0.2, -0.15) is 0 Å². The van der Waals surface area contributed by atoms with E-state index in [4.69, 9.17) is 10.9 Å². The van der Waals surface area contributed by atoms with E-state index >= 15 is 0 Å². The number of benzene rings is 1. The van der Waals surface area contributed by atoms with E-state index in [0.29, 0.717) is 0 Å². The molecule has 3 nitrogen and oxygen atoms in total. The first-order chi connectivity index (χ1) is 4.33. The van der Waals surface area contributed by atoms with Crippen molar-refractivity contribution in [2.24, 2.45) is 5.84 Å². The molecule has 4 heteroatoms. The van der Waals surface area contributed by atoms with Crippen LogP contribution in [-0.4, -0.2) is 5.11 Å². The van der Waals surface area contributed by atoms with Gasteiger partial charge in [0.05, 0.1) is 0 Å². The predicted molar refractivity (Wildman–Crippen MR) is 43.2 cm³/mol. The summed E-state index contributed by atoms with van der Waals surface area (Å²) in [5.74, 6) is 5.31. The van der Waals surface area contributed by atoms with Crippen LogP contribution in [0, 0.1) is 0 Å². The van der Waals surface area contributed by atoms with Crippen molar-refractivity contribution >= 4 is 18.1 Å². The second kappa shape index (κ2) is 3.98. The van der Waals surface area contributed by atoms with Crippen LogP contribution in [0.3, 0.4) is 0 Å². The summed E-state index contributed by atoms with van der Waals surface area (Å²) >= 11 is 0. The highest BCUT2D eigenvalue weighted by atomic mass is 35.5. The predicted octanol–water partition coefficient (Wildman–Crippen LogP) is 1.10. The van der Waals surface area contributed by atoms with E-state index in [-0.39, 0.29) is 18.2 Å². The SMILES string of the molecule is Cl.NNc1ccc(O)cc1. The molecule has 0 aliphatic heterocycles. The van der Waals surface area contributed by atoms with Gasteiger partial charge in [0.15, 0.2) is 0 Å². The number of phenols is 1. The molecule has 0 amide bonds. The summed E-state index contributed by atoms with van der Waals surface area (Å²) in [6, 6.07) is 6.51. The first-order valence-electron chi connectivity index (χ1n) is 2.58. The average molecular weight is 161 g/mol. The molecule has 0 saturated heterocycles. The highest BCUT2D eigenvalue weighted by Gasteiger charge is 1.85. The lowest BCUT2D eigenvalue weighted by atomic mass is 10.3. The number of nitrogens with two attached hydrogens (primary N) is 1. The monoisotopic (exact) mass is 160 g/mol. The Morgan fingerprint density at radius 2 is 1.70 bits per heavy atom. The molecule has 4 N–H and O–H groups in total. The van der Waals surface area contributed by atoms with Gasteiger partial charge in [-0.15, -0.1) is 12.4 Å². The number of aromatic hydroxyl groups is 1. The Balaban J connectivity index is 0.000000810. The fourth-order valence-electron chi connectivity index (χ4n) is 0.558. The van der Waals surface area contributed by atoms with Gasteiger partial charge in [0.25, 0.3) is 0 Å². The van der Waals surface area contributed by atoms with Gasteiger partial charge < -0.3 is 10.5 Å². The molecule has 1 rings (SSSR count). The maximum Gasteiger partial charge on any atom is 0.115 e. The molecule has 0 radical (unpaired) electrons. The fraction of sp³-hybridized carbons (Fsp3) is 0. The van der Waals surface area contributed by atoms with Crippen LogP contribution in [0.5, 0.6) is 5.75 Å². The quantitative estimate of drug-likeness (QED) is 0.328. The Kier molecular flexibility index (Phi) is 3.61. The number of nitrogens with one attached hydrogen (secondary N) is 1. The van der Waals surface area contributed by atoms with E-state index in [9.17, 15) is 0 Å². The van der Waals surface area contributed by atoms with E-state index in [1.54, 1.807) is 24.3 Å². The molecule has 0 atom stereocenters. The van der Waals surface area contributed by atoms with Crippen molar-refractivity contribution in [3.05, 3.63) is 24.3 Å². The summed E-state index contributed by atoms with van der Waals surface area (Å²) in [5, 5.41) is 8.78. The molecule has 1 aromatic carbocycles. The van der Waals surface area contributed by atoms with Crippen molar-refractivity contribution in [3.63, 3.8) is 0 Å². The molecule has 56 valence electrons. The lowest BCUT2D eigenvalue weighted by Gasteiger charge is -1.96. The third-order valence-corrected chi connectivity index (χ3v) is 1.03. The van der Waals surface area contributed by atoms with E-state index in [2.05, 4.69) is 5.43 Å². The first kappa shape index (κ1) is 9.07. The second-order valence-electron chi connectivity index (χ2n) is 1.69.